The van der Waals surface area contributed by atoms with Gasteiger partial charge in [0.2, 0.25) is 5.91 Å². The van der Waals surface area contributed by atoms with E-state index in [1.54, 1.807) is 0 Å². The van der Waals surface area contributed by atoms with Gasteiger partial charge in [-0.25, -0.2) is 0 Å². The lowest BCUT2D eigenvalue weighted by molar-refractivity contribution is -0.128. The van der Waals surface area contributed by atoms with Crippen LogP contribution in [0.15, 0.2) is 0 Å². The number of nitrogens with one attached hydrogen (secondary N) is 1. The zero-order valence-electron chi connectivity index (χ0n) is 11.7. The van der Waals surface area contributed by atoms with Gasteiger partial charge in [-0.1, -0.05) is 32.1 Å². The third-order valence-electron chi connectivity index (χ3n) is 4.73. The molecule has 0 aromatic carbocycles. The van der Waals surface area contributed by atoms with Crippen LogP contribution in [0.2, 0.25) is 0 Å². The quantitative estimate of drug-likeness (QED) is 0.712. The van der Waals surface area contributed by atoms with E-state index in [1.807, 2.05) is 0 Å². The average Bonchev–Trinajstić information content (AvgIpc) is 2.90. The molecule has 0 heterocycles. The summed E-state index contributed by atoms with van der Waals surface area (Å²) in [7, 11) is 0. The number of hydrogen-bond donors (Lipinski definition) is 3. The molecule has 2 aliphatic rings. The van der Waals surface area contributed by atoms with Crippen LogP contribution in [0.1, 0.15) is 64.2 Å². The molecule has 1 unspecified atom stereocenters. The lowest BCUT2D eigenvalue weighted by Gasteiger charge is -2.31. The number of hydrogen-bond acceptors (Lipinski definition) is 3. The van der Waals surface area contributed by atoms with Crippen LogP contribution >= 0.6 is 0 Å². The maximum Gasteiger partial charge on any atom is 0.222 e. The van der Waals surface area contributed by atoms with Gasteiger partial charge in [0.1, 0.15) is 0 Å². The summed E-state index contributed by atoms with van der Waals surface area (Å²) >= 11 is 0. The van der Waals surface area contributed by atoms with Crippen molar-refractivity contribution in [2.75, 3.05) is 6.54 Å². The van der Waals surface area contributed by atoms with Gasteiger partial charge in [-0.2, -0.15) is 0 Å². The normalized spacial score (nSPS) is 25.2. The van der Waals surface area contributed by atoms with Gasteiger partial charge in [-0.05, 0) is 31.6 Å². The maximum atomic E-state index is 11.9. The monoisotopic (exact) mass is 269 g/mol. The molecule has 2 aliphatic carbocycles. The Balaban J connectivity index is 1.68. The van der Waals surface area contributed by atoms with Crippen LogP contribution in [0.3, 0.4) is 0 Å². The minimum absolute atomic E-state index is 0.124. The summed E-state index contributed by atoms with van der Waals surface area (Å²) in [5.41, 5.74) is -0.805. The number of carbonyl (C=O) groups excluding carboxylic acids is 1. The highest BCUT2D eigenvalue weighted by Gasteiger charge is 2.32. The smallest absolute Gasteiger partial charge is 0.222 e. The minimum atomic E-state index is -0.805. The number of aliphatic hydroxyl groups excluding tert-OH is 1. The van der Waals surface area contributed by atoms with Crippen molar-refractivity contribution in [1.82, 2.24) is 5.32 Å². The van der Waals surface area contributed by atoms with E-state index in [0.717, 1.165) is 44.9 Å². The lowest BCUT2D eigenvalue weighted by Crippen LogP contribution is -2.41. The molecule has 0 spiro atoms. The predicted molar refractivity (Wildman–Crippen MR) is 73.6 cm³/mol. The first-order valence-corrected chi connectivity index (χ1v) is 7.76. The van der Waals surface area contributed by atoms with Crippen LogP contribution in [-0.4, -0.2) is 34.4 Å². The minimum Gasteiger partial charge on any atom is -0.391 e. The van der Waals surface area contributed by atoms with E-state index in [-0.39, 0.29) is 12.3 Å². The van der Waals surface area contributed by atoms with Crippen LogP contribution in [-0.2, 0) is 4.79 Å². The van der Waals surface area contributed by atoms with Gasteiger partial charge in [0.05, 0.1) is 18.1 Å². The Kier molecular flexibility index (Phi) is 5.22. The van der Waals surface area contributed by atoms with Gasteiger partial charge >= 0.3 is 0 Å². The molecule has 110 valence electrons. The van der Waals surface area contributed by atoms with Gasteiger partial charge in [0.25, 0.3) is 0 Å². The van der Waals surface area contributed by atoms with Crippen LogP contribution < -0.4 is 5.32 Å². The summed E-state index contributed by atoms with van der Waals surface area (Å²) < 4.78 is 0. The van der Waals surface area contributed by atoms with Gasteiger partial charge in [-0.3, -0.25) is 4.79 Å². The molecule has 2 rings (SSSR count). The topological polar surface area (TPSA) is 69.6 Å². The van der Waals surface area contributed by atoms with E-state index >= 15 is 0 Å². The predicted octanol–water partition coefficient (Wildman–Crippen LogP) is 1.74. The van der Waals surface area contributed by atoms with Crippen molar-refractivity contribution < 1.29 is 15.0 Å². The molecular formula is C15H27NO3. The zero-order chi connectivity index (χ0) is 13.7. The molecule has 2 saturated carbocycles. The Morgan fingerprint density at radius 3 is 2.42 bits per heavy atom. The van der Waals surface area contributed by atoms with E-state index in [2.05, 4.69) is 5.32 Å². The van der Waals surface area contributed by atoms with Crippen LogP contribution in [0, 0.1) is 5.92 Å². The van der Waals surface area contributed by atoms with Crippen molar-refractivity contribution in [2.24, 2.45) is 5.92 Å². The molecule has 1 atom stereocenters. The van der Waals surface area contributed by atoms with Crippen LogP contribution in [0.25, 0.3) is 0 Å². The first-order chi connectivity index (χ1) is 9.09. The van der Waals surface area contributed by atoms with Gasteiger partial charge in [0, 0.05) is 6.54 Å². The number of aliphatic hydroxyl groups is 2. The Morgan fingerprint density at radius 2 is 1.79 bits per heavy atom. The zero-order valence-corrected chi connectivity index (χ0v) is 11.7. The fourth-order valence-corrected chi connectivity index (χ4v) is 3.48. The van der Waals surface area contributed by atoms with E-state index in [9.17, 15) is 15.0 Å². The second-order valence-electron chi connectivity index (χ2n) is 6.38. The third kappa shape index (κ3) is 4.46. The molecule has 0 saturated heterocycles. The summed E-state index contributed by atoms with van der Waals surface area (Å²) in [5.74, 6) is 0.222. The molecule has 0 bridgehead atoms. The number of amides is 1. The molecule has 1 amide bonds. The fourth-order valence-electron chi connectivity index (χ4n) is 3.48. The van der Waals surface area contributed by atoms with E-state index < -0.39 is 11.7 Å². The molecule has 4 nitrogen and oxygen atoms in total. The van der Waals surface area contributed by atoms with E-state index in [1.165, 1.54) is 12.8 Å². The maximum absolute atomic E-state index is 11.9. The molecule has 3 N–H and O–H groups in total. The molecule has 4 heteroatoms. The van der Waals surface area contributed by atoms with Crippen LogP contribution in [0.4, 0.5) is 0 Å². The van der Waals surface area contributed by atoms with Crippen molar-refractivity contribution in [1.29, 1.82) is 0 Å². The van der Waals surface area contributed by atoms with Gasteiger partial charge in [0.15, 0.2) is 0 Å². The Morgan fingerprint density at radius 1 is 1.16 bits per heavy atom. The molecule has 2 fully saturated rings. The summed E-state index contributed by atoms with van der Waals surface area (Å²) in [6, 6.07) is 0. The summed E-state index contributed by atoms with van der Waals surface area (Å²) in [4.78, 5) is 11.9. The summed E-state index contributed by atoms with van der Waals surface area (Å²) in [6.45, 7) is 0.333. The molecule has 0 aliphatic heterocycles. The van der Waals surface area contributed by atoms with Crippen molar-refractivity contribution in [3.63, 3.8) is 0 Å². The average molecular weight is 269 g/mol. The first-order valence-electron chi connectivity index (χ1n) is 7.76. The second kappa shape index (κ2) is 6.71. The SMILES string of the molecule is O=C(CC1(O)CCCCC1)NCC(O)C1CCCC1. The van der Waals surface area contributed by atoms with E-state index in [4.69, 9.17) is 0 Å². The Labute approximate surface area is 115 Å². The lowest BCUT2D eigenvalue weighted by atomic mass is 9.82. The highest BCUT2D eigenvalue weighted by Crippen LogP contribution is 2.31. The molecular weight excluding hydrogens is 242 g/mol. The Hall–Kier alpha value is -0.610. The van der Waals surface area contributed by atoms with Crippen LogP contribution in [0.5, 0.6) is 0 Å². The number of rotatable bonds is 5. The highest BCUT2D eigenvalue weighted by atomic mass is 16.3. The molecule has 0 aromatic heterocycles. The van der Waals surface area contributed by atoms with Crippen molar-refractivity contribution in [3.05, 3.63) is 0 Å². The third-order valence-corrected chi connectivity index (χ3v) is 4.73. The molecule has 0 radical (unpaired) electrons. The molecule has 19 heavy (non-hydrogen) atoms. The number of carbonyl (C=O) groups is 1. The van der Waals surface area contributed by atoms with E-state index in [0.29, 0.717) is 12.5 Å². The molecule has 0 aromatic rings. The summed E-state index contributed by atoms with van der Waals surface area (Å²) in [5, 5.41) is 23.1. The van der Waals surface area contributed by atoms with Crippen molar-refractivity contribution in [3.8, 4) is 0 Å². The largest absolute Gasteiger partial charge is 0.391 e. The van der Waals surface area contributed by atoms with Gasteiger partial charge in [-0.15, -0.1) is 0 Å². The fraction of sp³-hybridized carbons (Fsp3) is 0.933. The van der Waals surface area contributed by atoms with Crippen molar-refractivity contribution in [2.45, 2.75) is 75.9 Å². The Bertz CT molecular complexity index is 294. The van der Waals surface area contributed by atoms with Gasteiger partial charge < -0.3 is 15.5 Å². The standard InChI is InChI=1S/C15H27NO3/c17-13(12-6-2-3-7-12)11-16-14(18)10-15(19)8-4-1-5-9-15/h12-13,17,19H,1-11H2,(H,16,18). The summed E-state index contributed by atoms with van der Waals surface area (Å²) in [6.07, 6.45) is 8.91. The highest BCUT2D eigenvalue weighted by molar-refractivity contribution is 5.77. The first kappa shape index (κ1) is 14.8. The second-order valence-corrected chi connectivity index (χ2v) is 6.38. The van der Waals surface area contributed by atoms with Crippen molar-refractivity contribution >= 4 is 5.91 Å².